The molecule has 0 saturated carbocycles. The van der Waals surface area contributed by atoms with E-state index in [2.05, 4.69) is 0 Å². The van der Waals surface area contributed by atoms with Crippen molar-refractivity contribution in [1.29, 1.82) is 0 Å². The van der Waals surface area contributed by atoms with Crippen molar-refractivity contribution < 1.29 is 39.5 Å². The van der Waals surface area contributed by atoms with E-state index >= 15 is 0 Å². The van der Waals surface area contributed by atoms with Gasteiger partial charge in [-0.15, -0.1) is 0 Å². The molecule has 3 rings (SSSR count). The third-order valence-electron chi connectivity index (χ3n) is 5.37. The zero-order valence-corrected chi connectivity index (χ0v) is 16.3. The van der Waals surface area contributed by atoms with Gasteiger partial charge < -0.3 is 0 Å². The Balaban J connectivity index is 2.17. The zero-order chi connectivity index (χ0) is 23.9. The smallest absolute Gasteiger partial charge is 0.166 e. The van der Waals surface area contributed by atoms with E-state index in [1.165, 1.54) is 6.92 Å². The van der Waals surface area contributed by atoms with Crippen LogP contribution in [0, 0.1) is 0 Å². The predicted molar refractivity (Wildman–Crippen MR) is 99.9 cm³/mol. The molecule has 0 aromatic heterocycles. The van der Waals surface area contributed by atoms with Crippen molar-refractivity contribution >= 4 is 0 Å². The van der Waals surface area contributed by atoms with Gasteiger partial charge in [0, 0.05) is 5.41 Å². The van der Waals surface area contributed by atoms with Crippen molar-refractivity contribution in [2.45, 2.75) is 30.9 Å². The highest BCUT2D eigenvalue weighted by atomic mass is 19.4. The Morgan fingerprint density at radius 2 is 0.500 bits per heavy atom. The molecule has 3 aromatic rings. The van der Waals surface area contributed by atoms with Crippen molar-refractivity contribution in [3.05, 3.63) is 106 Å². The Bertz CT molecular complexity index is 914. The second-order valence-corrected chi connectivity index (χ2v) is 7.35. The molecule has 0 radical (unpaired) electrons. The minimum atomic E-state index is -4.60. The van der Waals surface area contributed by atoms with E-state index in [1.807, 2.05) is 0 Å². The molecule has 3 aromatic carbocycles. The van der Waals surface area contributed by atoms with E-state index in [9.17, 15) is 39.5 Å². The van der Waals surface area contributed by atoms with Crippen LogP contribution < -0.4 is 0 Å². The predicted octanol–water partition coefficient (Wildman–Crippen LogP) is 8.10. The Kier molecular flexibility index (Phi) is 5.82. The minimum absolute atomic E-state index is 0.269. The number of alkyl halides is 9. The summed E-state index contributed by atoms with van der Waals surface area (Å²) in [5, 5.41) is 0. The highest BCUT2D eigenvalue weighted by molar-refractivity contribution is 5.51. The molecule has 0 aliphatic rings. The zero-order valence-electron chi connectivity index (χ0n) is 16.3. The lowest BCUT2D eigenvalue weighted by Gasteiger charge is -2.32. The van der Waals surface area contributed by atoms with Gasteiger partial charge in [-0.1, -0.05) is 36.4 Å². The third kappa shape index (κ3) is 4.61. The second kappa shape index (κ2) is 7.86. The first-order chi connectivity index (χ1) is 14.6. The molecular formula is C23H15F9. The molecule has 9 heteroatoms. The summed E-state index contributed by atoms with van der Waals surface area (Å²) in [6, 6.07) is 11.9. The molecular weight excluding hydrogens is 447 g/mol. The molecule has 32 heavy (non-hydrogen) atoms. The lowest BCUT2D eigenvalue weighted by Crippen LogP contribution is -2.26. The van der Waals surface area contributed by atoms with E-state index < -0.39 is 40.6 Å². The summed E-state index contributed by atoms with van der Waals surface area (Å²) < 4.78 is 117. The van der Waals surface area contributed by atoms with Gasteiger partial charge >= 0.3 is 18.5 Å². The van der Waals surface area contributed by atoms with Gasteiger partial charge in [0.25, 0.3) is 0 Å². The standard InChI is InChI=1S/C23H15F9/c1-20(14-2-8-17(9-3-14)21(24,25)26,15-4-10-18(11-5-15)22(27,28)29)16-6-12-19(13-7-16)23(30,31)32/h2-13H,1H3. The van der Waals surface area contributed by atoms with Crippen molar-refractivity contribution in [2.24, 2.45) is 0 Å². The largest absolute Gasteiger partial charge is 0.416 e. The average Bonchev–Trinajstić information content (AvgIpc) is 2.71. The van der Waals surface area contributed by atoms with Crippen LogP contribution in [0.15, 0.2) is 72.8 Å². The van der Waals surface area contributed by atoms with E-state index in [-0.39, 0.29) is 16.7 Å². The van der Waals surface area contributed by atoms with Gasteiger partial charge in [-0.25, -0.2) is 0 Å². The quantitative estimate of drug-likeness (QED) is 0.273. The molecule has 0 atom stereocenters. The molecule has 0 N–H and O–H groups in total. The van der Waals surface area contributed by atoms with Gasteiger partial charge in [-0.05, 0) is 60.0 Å². The average molecular weight is 462 g/mol. The van der Waals surface area contributed by atoms with E-state index in [0.717, 1.165) is 72.8 Å². The Morgan fingerprint density at radius 1 is 0.344 bits per heavy atom. The fourth-order valence-electron chi connectivity index (χ4n) is 3.48. The normalized spacial score (nSPS) is 13.3. The summed E-state index contributed by atoms with van der Waals surface area (Å²) in [5.74, 6) is 0. The second-order valence-electron chi connectivity index (χ2n) is 7.35. The molecule has 0 heterocycles. The lowest BCUT2D eigenvalue weighted by atomic mass is 9.70. The molecule has 170 valence electrons. The molecule has 0 saturated heterocycles. The summed E-state index contributed by atoms with van der Waals surface area (Å²) in [4.78, 5) is 0. The topological polar surface area (TPSA) is 0 Å². The van der Waals surface area contributed by atoms with Gasteiger partial charge in [0.05, 0.1) is 16.7 Å². The Morgan fingerprint density at radius 3 is 0.656 bits per heavy atom. The van der Waals surface area contributed by atoms with Crippen LogP contribution in [0.2, 0.25) is 0 Å². The molecule has 0 fully saturated rings. The van der Waals surface area contributed by atoms with E-state index in [1.54, 1.807) is 0 Å². The Labute approximate surface area is 177 Å². The van der Waals surface area contributed by atoms with Crippen molar-refractivity contribution in [3.63, 3.8) is 0 Å². The summed E-state index contributed by atoms with van der Waals surface area (Å²) >= 11 is 0. The number of benzene rings is 3. The number of rotatable bonds is 3. The van der Waals surface area contributed by atoms with Crippen LogP contribution in [0.3, 0.4) is 0 Å². The van der Waals surface area contributed by atoms with Gasteiger partial charge in [-0.2, -0.15) is 39.5 Å². The molecule has 0 aliphatic heterocycles. The van der Waals surface area contributed by atoms with Crippen molar-refractivity contribution in [3.8, 4) is 0 Å². The molecule has 0 unspecified atom stereocenters. The number of halogens is 9. The van der Waals surface area contributed by atoms with Gasteiger partial charge in [-0.3, -0.25) is 0 Å². The molecule has 0 aliphatic carbocycles. The highest BCUT2D eigenvalue weighted by Crippen LogP contribution is 2.42. The summed E-state index contributed by atoms with van der Waals surface area (Å²) in [6.45, 7) is 1.53. The van der Waals surface area contributed by atoms with E-state index in [4.69, 9.17) is 0 Å². The van der Waals surface area contributed by atoms with Crippen molar-refractivity contribution in [1.82, 2.24) is 0 Å². The molecule has 0 spiro atoms. The first kappa shape index (κ1) is 23.7. The number of hydrogen-bond acceptors (Lipinski definition) is 0. The van der Waals surface area contributed by atoms with Gasteiger partial charge in [0.1, 0.15) is 0 Å². The highest BCUT2D eigenvalue weighted by Gasteiger charge is 2.37. The van der Waals surface area contributed by atoms with E-state index in [0.29, 0.717) is 0 Å². The molecule has 0 bridgehead atoms. The lowest BCUT2D eigenvalue weighted by molar-refractivity contribution is -0.138. The summed E-state index contributed by atoms with van der Waals surface area (Å²) in [6.07, 6.45) is -13.8. The fraction of sp³-hybridized carbons (Fsp3) is 0.217. The van der Waals surface area contributed by atoms with Crippen molar-refractivity contribution in [2.75, 3.05) is 0 Å². The van der Waals surface area contributed by atoms with Crippen LogP contribution in [0.1, 0.15) is 40.3 Å². The first-order valence-corrected chi connectivity index (χ1v) is 9.16. The SMILES string of the molecule is CC(c1ccc(C(F)(F)F)cc1)(c1ccc(C(F)(F)F)cc1)c1ccc(C(F)(F)F)cc1. The summed E-state index contributed by atoms with van der Waals surface area (Å²) in [7, 11) is 0. The van der Waals surface area contributed by atoms with Gasteiger partial charge in [0.2, 0.25) is 0 Å². The summed E-state index contributed by atoms with van der Waals surface area (Å²) in [5.41, 5.74) is -3.30. The first-order valence-electron chi connectivity index (χ1n) is 9.16. The van der Waals surface area contributed by atoms with Crippen LogP contribution in [0.25, 0.3) is 0 Å². The van der Waals surface area contributed by atoms with Crippen LogP contribution in [-0.2, 0) is 23.9 Å². The number of hydrogen-bond donors (Lipinski definition) is 0. The van der Waals surface area contributed by atoms with Crippen LogP contribution in [-0.4, -0.2) is 0 Å². The maximum atomic E-state index is 13.0. The molecule has 0 amide bonds. The fourth-order valence-corrected chi connectivity index (χ4v) is 3.48. The van der Waals surface area contributed by atoms with Gasteiger partial charge in [0.15, 0.2) is 0 Å². The van der Waals surface area contributed by atoms with Crippen LogP contribution >= 0.6 is 0 Å². The Hall–Kier alpha value is -2.97. The maximum Gasteiger partial charge on any atom is 0.416 e. The minimum Gasteiger partial charge on any atom is -0.166 e. The monoisotopic (exact) mass is 462 g/mol. The molecule has 0 nitrogen and oxygen atoms in total. The van der Waals surface area contributed by atoms with Crippen LogP contribution in [0.5, 0.6) is 0 Å². The third-order valence-corrected chi connectivity index (χ3v) is 5.37. The maximum absolute atomic E-state index is 13.0. The van der Waals surface area contributed by atoms with Crippen LogP contribution in [0.4, 0.5) is 39.5 Å².